The number of fused-ring (bicyclic) bond motifs is 1. The van der Waals surface area contributed by atoms with Crippen molar-refractivity contribution in [3.63, 3.8) is 0 Å². The van der Waals surface area contributed by atoms with Gasteiger partial charge in [-0.2, -0.15) is 0 Å². The van der Waals surface area contributed by atoms with E-state index in [4.69, 9.17) is 18.9 Å². The van der Waals surface area contributed by atoms with Gasteiger partial charge in [0.25, 0.3) is 0 Å². The van der Waals surface area contributed by atoms with E-state index in [0.717, 1.165) is 27.8 Å². The van der Waals surface area contributed by atoms with E-state index in [0.29, 0.717) is 23.7 Å². The van der Waals surface area contributed by atoms with Gasteiger partial charge in [-0.1, -0.05) is 12.1 Å². The van der Waals surface area contributed by atoms with Gasteiger partial charge in [0.2, 0.25) is 0 Å². The predicted octanol–water partition coefficient (Wildman–Crippen LogP) is 4.28. The zero-order chi connectivity index (χ0) is 17.8. The summed E-state index contributed by atoms with van der Waals surface area (Å²) >= 11 is 0. The summed E-state index contributed by atoms with van der Waals surface area (Å²) < 4.78 is 21.8. The molecule has 3 rings (SSSR count). The van der Waals surface area contributed by atoms with Crippen LogP contribution >= 0.6 is 12.4 Å². The number of hydrogen-bond donors (Lipinski definition) is 0. The lowest BCUT2D eigenvalue weighted by Gasteiger charge is -2.15. The van der Waals surface area contributed by atoms with Crippen LogP contribution in [0, 0.1) is 0 Å². The number of para-hydroxylation sites is 1. The van der Waals surface area contributed by atoms with Crippen LogP contribution in [0.2, 0.25) is 0 Å². The number of halogens is 1. The summed E-state index contributed by atoms with van der Waals surface area (Å²) in [5.41, 5.74) is 1.95. The molecule has 5 nitrogen and oxygen atoms in total. The first-order valence-electron chi connectivity index (χ1n) is 7.92. The van der Waals surface area contributed by atoms with Crippen molar-refractivity contribution in [2.45, 2.75) is 6.42 Å². The van der Waals surface area contributed by atoms with E-state index in [1.165, 1.54) is 0 Å². The van der Waals surface area contributed by atoms with Crippen molar-refractivity contribution in [1.29, 1.82) is 0 Å². The summed E-state index contributed by atoms with van der Waals surface area (Å²) in [4.78, 5) is 4.57. The van der Waals surface area contributed by atoms with Crippen molar-refractivity contribution >= 4 is 23.2 Å². The lowest BCUT2D eigenvalue weighted by atomic mass is 10.0. The van der Waals surface area contributed by atoms with E-state index in [2.05, 4.69) is 4.98 Å². The van der Waals surface area contributed by atoms with Crippen LogP contribution in [-0.4, -0.2) is 33.4 Å². The number of methoxy groups -OCH3 is 4. The molecule has 0 aliphatic heterocycles. The molecule has 0 aliphatic rings. The summed E-state index contributed by atoms with van der Waals surface area (Å²) in [5, 5.41) is 1.98. The standard InChI is InChI=1S/C20H21NO4.ClH/c1-22-17-7-5-6-13(19(17)24-3)12-16-14-8-9-18(23-2)20(25-4)15(14)10-11-21-16;/h5-11H,12H2,1-4H3;1H. The zero-order valence-corrected chi connectivity index (χ0v) is 16.1. The van der Waals surface area contributed by atoms with Crippen LogP contribution in [0.4, 0.5) is 0 Å². The summed E-state index contributed by atoms with van der Waals surface area (Å²) in [7, 11) is 6.55. The average Bonchev–Trinajstić information content (AvgIpc) is 2.66. The monoisotopic (exact) mass is 375 g/mol. The van der Waals surface area contributed by atoms with Crippen molar-refractivity contribution < 1.29 is 18.9 Å². The van der Waals surface area contributed by atoms with Crippen LogP contribution < -0.4 is 18.9 Å². The van der Waals surface area contributed by atoms with Crippen LogP contribution in [0.25, 0.3) is 10.8 Å². The molecule has 0 N–H and O–H groups in total. The molecule has 0 radical (unpaired) electrons. The van der Waals surface area contributed by atoms with Gasteiger partial charge >= 0.3 is 0 Å². The molecule has 0 saturated carbocycles. The molecule has 2 aromatic carbocycles. The molecule has 0 aliphatic carbocycles. The second-order valence-corrected chi connectivity index (χ2v) is 5.48. The molecule has 0 atom stereocenters. The molecule has 0 bridgehead atoms. The minimum absolute atomic E-state index is 0. The van der Waals surface area contributed by atoms with Gasteiger partial charge in [0.15, 0.2) is 23.0 Å². The molecular formula is C20H22ClNO4. The molecule has 0 saturated heterocycles. The number of pyridine rings is 1. The van der Waals surface area contributed by atoms with Crippen LogP contribution in [0.15, 0.2) is 42.6 Å². The first-order chi connectivity index (χ1) is 12.2. The highest BCUT2D eigenvalue weighted by atomic mass is 35.5. The van der Waals surface area contributed by atoms with E-state index in [9.17, 15) is 0 Å². The molecule has 3 aromatic rings. The first kappa shape index (κ1) is 19.7. The van der Waals surface area contributed by atoms with Gasteiger partial charge in [0, 0.05) is 29.0 Å². The van der Waals surface area contributed by atoms with Crippen LogP contribution in [0.1, 0.15) is 11.3 Å². The highest BCUT2D eigenvalue weighted by Gasteiger charge is 2.15. The number of nitrogens with zero attached hydrogens (tertiary/aromatic N) is 1. The second-order valence-electron chi connectivity index (χ2n) is 5.48. The van der Waals surface area contributed by atoms with Crippen molar-refractivity contribution in [3.8, 4) is 23.0 Å². The Morgan fingerprint density at radius 2 is 1.42 bits per heavy atom. The second kappa shape index (κ2) is 8.63. The molecule has 6 heteroatoms. The fourth-order valence-corrected chi connectivity index (χ4v) is 3.05. The minimum Gasteiger partial charge on any atom is -0.493 e. The molecule has 1 heterocycles. The Kier molecular flexibility index (Phi) is 6.52. The van der Waals surface area contributed by atoms with E-state index >= 15 is 0 Å². The quantitative estimate of drug-likeness (QED) is 0.643. The van der Waals surface area contributed by atoms with Gasteiger partial charge in [-0.05, 0) is 24.3 Å². The molecule has 0 fully saturated rings. The normalized spacial score (nSPS) is 10.2. The van der Waals surface area contributed by atoms with Crippen molar-refractivity contribution in [1.82, 2.24) is 4.98 Å². The topological polar surface area (TPSA) is 49.8 Å². The Labute approximate surface area is 159 Å². The highest BCUT2D eigenvalue weighted by Crippen LogP contribution is 2.38. The largest absolute Gasteiger partial charge is 0.493 e. The Balaban J connectivity index is 0.00000243. The fourth-order valence-electron chi connectivity index (χ4n) is 3.05. The van der Waals surface area contributed by atoms with Crippen LogP contribution in [0.5, 0.6) is 23.0 Å². The van der Waals surface area contributed by atoms with E-state index in [1.54, 1.807) is 34.6 Å². The molecule has 0 amide bonds. The Hall–Kier alpha value is -2.66. The first-order valence-corrected chi connectivity index (χ1v) is 7.92. The van der Waals surface area contributed by atoms with Gasteiger partial charge < -0.3 is 18.9 Å². The number of ether oxygens (including phenoxy) is 4. The molecule has 0 spiro atoms. The average molecular weight is 376 g/mol. The molecule has 0 unspecified atom stereocenters. The van der Waals surface area contributed by atoms with E-state index in [-0.39, 0.29) is 12.4 Å². The number of rotatable bonds is 6. The Morgan fingerprint density at radius 1 is 0.731 bits per heavy atom. The van der Waals surface area contributed by atoms with Gasteiger partial charge in [-0.25, -0.2) is 0 Å². The summed E-state index contributed by atoms with van der Waals surface area (Å²) in [6.45, 7) is 0. The van der Waals surface area contributed by atoms with Crippen LogP contribution in [0.3, 0.4) is 0 Å². The third kappa shape index (κ3) is 3.48. The summed E-state index contributed by atoms with van der Waals surface area (Å²) in [6.07, 6.45) is 2.40. The lowest BCUT2D eigenvalue weighted by molar-refractivity contribution is 0.352. The van der Waals surface area contributed by atoms with Gasteiger partial charge in [0.05, 0.1) is 34.1 Å². The summed E-state index contributed by atoms with van der Waals surface area (Å²) in [5.74, 6) is 2.84. The summed E-state index contributed by atoms with van der Waals surface area (Å²) in [6, 6.07) is 11.7. The van der Waals surface area contributed by atoms with Gasteiger partial charge in [0.1, 0.15) is 0 Å². The Bertz CT molecular complexity index is 898. The Morgan fingerprint density at radius 3 is 2.08 bits per heavy atom. The number of aromatic nitrogens is 1. The van der Waals surface area contributed by atoms with Gasteiger partial charge in [-0.3, -0.25) is 4.98 Å². The maximum absolute atomic E-state index is 5.54. The molecule has 138 valence electrons. The number of benzene rings is 2. The predicted molar refractivity (Wildman–Crippen MR) is 104 cm³/mol. The van der Waals surface area contributed by atoms with Crippen molar-refractivity contribution in [2.75, 3.05) is 28.4 Å². The third-order valence-electron chi connectivity index (χ3n) is 4.21. The third-order valence-corrected chi connectivity index (χ3v) is 4.21. The maximum atomic E-state index is 5.54. The SMILES string of the molecule is COc1cccc(Cc2nccc3c(OC)c(OC)ccc23)c1OC.Cl. The van der Waals surface area contributed by atoms with Gasteiger partial charge in [-0.15, -0.1) is 12.4 Å². The fraction of sp³-hybridized carbons (Fsp3) is 0.250. The lowest BCUT2D eigenvalue weighted by Crippen LogP contribution is -2.00. The van der Waals surface area contributed by atoms with E-state index < -0.39 is 0 Å². The highest BCUT2D eigenvalue weighted by molar-refractivity contribution is 5.92. The maximum Gasteiger partial charge on any atom is 0.168 e. The van der Waals surface area contributed by atoms with Crippen LogP contribution in [-0.2, 0) is 6.42 Å². The smallest absolute Gasteiger partial charge is 0.168 e. The number of hydrogen-bond acceptors (Lipinski definition) is 5. The van der Waals surface area contributed by atoms with Crippen molar-refractivity contribution in [2.24, 2.45) is 0 Å². The zero-order valence-electron chi connectivity index (χ0n) is 15.2. The van der Waals surface area contributed by atoms with Crippen molar-refractivity contribution in [3.05, 3.63) is 53.9 Å². The molecule has 1 aromatic heterocycles. The minimum atomic E-state index is 0. The molecule has 26 heavy (non-hydrogen) atoms. The molecular weight excluding hydrogens is 354 g/mol. The van der Waals surface area contributed by atoms with E-state index in [1.807, 2.05) is 36.4 Å².